The fourth-order valence-corrected chi connectivity index (χ4v) is 3.81. The van der Waals surface area contributed by atoms with E-state index in [4.69, 9.17) is 28.1 Å². The molecule has 2 aliphatic rings. The van der Waals surface area contributed by atoms with Gasteiger partial charge in [0.05, 0.1) is 12.9 Å². The lowest BCUT2D eigenvalue weighted by Gasteiger charge is -2.48. The molecule has 10 heteroatoms. The van der Waals surface area contributed by atoms with E-state index in [2.05, 4.69) is 5.32 Å². The van der Waals surface area contributed by atoms with E-state index in [1.54, 1.807) is 18.2 Å². The van der Waals surface area contributed by atoms with Gasteiger partial charge in [-0.05, 0) is 30.7 Å². The maximum Gasteiger partial charge on any atom is 0.329 e. The number of carboxylic acid groups (broad SMARTS) is 1. The van der Waals surface area contributed by atoms with Crippen LogP contribution >= 0.6 is 0 Å². The minimum absolute atomic E-state index is 0.128. The average molecular weight is 447 g/mol. The van der Waals surface area contributed by atoms with E-state index in [0.717, 1.165) is 5.56 Å². The van der Waals surface area contributed by atoms with E-state index >= 15 is 0 Å². The molecule has 0 saturated carbocycles. The number of carbonyl (C=O) groups is 2. The number of aliphatic carboxylic acids is 1. The summed E-state index contributed by atoms with van der Waals surface area (Å²) in [4.78, 5) is 23.2. The standard InChI is InChI=1S/C22H25NO9/c1-12-6-3-4-7-14(12)30-22-18(23-13(2)24)20(28-11-17(25)26)19-16(31-22)10-29-21(32-19)15-8-5-9-27-15/h3-9,16,18-22H,10-11H2,1-2H3,(H,23,24)(H,25,26). The zero-order chi connectivity index (χ0) is 22.7. The number of ether oxygens (including phenoxy) is 5. The van der Waals surface area contributed by atoms with Crippen LogP contribution in [0, 0.1) is 6.92 Å². The van der Waals surface area contributed by atoms with Gasteiger partial charge >= 0.3 is 5.97 Å². The van der Waals surface area contributed by atoms with Crippen molar-refractivity contribution in [2.24, 2.45) is 0 Å². The van der Waals surface area contributed by atoms with Gasteiger partial charge in [0.15, 0.2) is 5.76 Å². The first-order valence-corrected chi connectivity index (χ1v) is 10.2. The highest BCUT2D eigenvalue weighted by atomic mass is 16.8. The molecule has 0 bridgehead atoms. The number of para-hydroxylation sites is 1. The number of hydrogen-bond donors (Lipinski definition) is 2. The highest BCUT2D eigenvalue weighted by Crippen LogP contribution is 2.36. The molecule has 6 unspecified atom stereocenters. The van der Waals surface area contributed by atoms with Crippen molar-refractivity contribution in [1.82, 2.24) is 5.32 Å². The third-order valence-corrected chi connectivity index (χ3v) is 5.22. The number of rotatable bonds is 7. The fraction of sp³-hybridized carbons (Fsp3) is 0.455. The molecule has 2 saturated heterocycles. The summed E-state index contributed by atoms with van der Waals surface area (Å²) in [7, 11) is 0. The Morgan fingerprint density at radius 2 is 2.00 bits per heavy atom. The van der Waals surface area contributed by atoms with Crippen molar-refractivity contribution in [3.8, 4) is 5.75 Å². The number of benzene rings is 1. The molecule has 4 rings (SSSR count). The van der Waals surface area contributed by atoms with Crippen LogP contribution in [0.1, 0.15) is 24.5 Å². The Bertz CT molecular complexity index is 931. The van der Waals surface area contributed by atoms with Gasteiger partial charge < -0.3 is 38.5 Å². The van der Waals surface area contributed by atoms with Crippen molar-refractivity contribution in [2.75, 3.05) is 13.2 Å². The summed E-state index contributed by atoms with van der Waals surface area (Å²) in [5, 5.41) is 12.0. The van der Waals surface area contributed by atoms with Gasteiger partial charge in [-0.25, -0.2) is 4.79 Å². The van der Waals surface area contributed by atoms with Crippen LogP contribution < -0.4 is 10.1 Å². The zero-order valence-electron chi connectivity index (χ0n) is 17.6. The molecule has 32 heavy (non-hydrogen) atoms. The third kappa shape index (κ3) is 4.94. The molecule has 1 amide bonds. The van der Waals surface area contributed by atoms with Crippen molar-refractivity contribution >= 4 is 11.9 Å². The van der Waals surface area contributed by atoms with Crippen LogP contribution in [-0.2, 0) is 28.5 Å². The van der Waals surface area contributed by atoms with Crippen LogP contribution in [0.5, 0.6) is 5.75 Å². The van der Waals surface area contributed by atoms with Gasteiger partial charge in [-0.1, -0.05) is 18.2 Å². The zero-order valence-corrected chi connectivity index (χ0v) is 17.6. The highest BCUT2D eigenvalue weighted by Gasteiger charge is 2.52. The highest BCUT2D eigenvalue weighted by molar-refractivity contribution is 5.73. The normalized spacial score (nSPS) is 29.7. The van der Waals surface area contributed by atoms with Gasteiger partial charge in [0.25, 0.3) is 0 Å². The van der Waals surface area contributed by atoms with Gasteiger partial charge in [-0.2, -0.15) is 0 Å². The van der Waals surface area contributed by atoms with E-state index < -0.39 is 49.5 Å². The molecular weight excluding hydrogens is 422 g/mol. The Morgan fingerprint density at radius 1 is 1.19 bits per heavy atom. The summed E-state index contributed by atoms with van der Waals surface area (Å²) >= 11 is 0. The molecule has 0 aliphatic carbocycles. The van der Waals surface area contributed by atoms with Crippen LogP contribution in [0.15, 0.2) is 47.1 Å². The Morgan fingerprint density at radius 3 is 2.69 bits per heavy atom. The molecule has 2 aromatic rings. The molecule has 0 radical (unpaired) electrons. The van der Waals surface area contributed by atoms with E-state index in [-0.39, 0.29) is 12.5 Å². The summed E-state index contributed by atoms with van der Waals surface area (Å²) in [5.41, 5.74) is 0.872. The minimum Gasteiger partial charge on any atom is -0.480 e. The Balaban J connectivity index is 1.62. The summed E-state index contributed by atoms with van der Waals surface area (Å²) in [6, 6.07) is 9.93. The largest absolute Gasteiger partial charge is 0.480 e. The number of hydrogen-bond acceptors (Lipinski definition) is 8. The van der Waals surface area contributed by atoms with Crippen molar-refractivity contribution < 1.29 is 42.8 Å². The SMILES string of the molecule is CC(=O)NC1C(Oc2ccccc2C)OC2COC(c3ccco3)OC2C1OCC(=O)O. The van der Waals surface area contributed by atoms with Gasteiger partial charge in [-0.15, -0.1) is 0 Å². The van der Waals surface area contributed by atoms with Crippen LogP contribution in [0.4, 0.5) is 0 Å². The second kappa shape index (κ2) is 9.70. The Hall–Kier alpha value is -2.92. The van der Waals surface area contributed by atoms with Crippen molar-refractivity contribution in [1.29, 1.82) is 0 Å². The van der Waals surface area contributed by atoms with Crippen LogP contribution in [-0.4, -0.2) is 60.8 Å². The van der Waals surface area contributed by atoms with Crippen LogP contribution in [0.3, 0.4) is 0 Å². The minimum atomic E-state index is -1.15. The quantitative estimate of drug-likeness (QED) is 0.653. The molecule has 3 heterocycles. The predicted octanol–water partition coefficient (Wildman–Crippen LogP) is 1.78. The predicted molar refractivity (Wildman–Crippen MR) is 108 cm³/mol. The summed E-state index contributed by atoms with van der Waals surface area (Å²) < 4.78 is 35.1. The molecule has 1 aromatic carbocycles. The lowest BCUT2D eigenvalue weighted by atomic mass is 9.95. The molecule has 1 aromatic heterocycles. The average Bonchev–Trinajstić information content (AvgIpc) is 3.29. The number of aryl methyl sites for hydroxylation is 1. The van der Waals surface area contributed by atoms with E-state index in [1.165, 1.54) is 13.2 Å². The molecule has 0 spiro atoms. The molecular formula is C22H25NO9. The molecule has 2 aliphatic heterocycles. The first kappa shape index (κ1) is 22.3. The van der Waals surface area contributed by atoms with E-state index in [0.29, 0.717) is 11.5 Å². The monoisotopic (exact) mass is 447 g/mol. The summed E-state index contributed by atoms with van der Waals surface area (Å²) in [6.45, 7) is 2.77. The number of amides is 1. The smallest absolute Gasteiger partial charge is 0.329 e. The maximum atomic E-state index is 12.0. The molecule has 6 atom stereocenters. The molecule has 10 nitrogen and oxygen atoms in total. The van der Waals surface area contributed by atoms with Crippen molar-refractivity contribution in [3.63, 3.8) is 0 Å². The molecule has 2 fully saturated rings. The van der Waals surface area contributed by atoms with Crippen molar-refractivity contribution in [3.05, 3.63) is 54.0 Å². The topological polar surface area (TPSA) is 126 Å². The molecule has 2 N–H and O–H groups in total. The van der Waals surface area contributed by atoms with Gasteiger partial charge in [0.2, 0.25) is 18.5 Å². The second-order valence-corrected chi connectivity index (χ2v) is 7.60. The lowest BCUT2D eigenvalue weighted by molar-refractivity contribution is -0.340. The second-order valence-electron chi connectivity index (χ2n) is 7.60. The lowest BCUT2D eigenvalue weighted by Crippen LogP contribution is -2.68. The van der Waals surface area contributed by atoms with Gasteiger partial charge in [0, 0.05) is 6.92 Å². The van der Waals surface area contributed by atoms with Crippen LogP contribution in [0.25, 0.3) is 0 Å². The summed E-state index contributed by atoms with van der Waals surface area (Å²) in [6.07, 6.45) is -2.55. The first-order valence-electron chi connectivity index (χ1n) is 10.2. The number of carboxylic acids is 1. The molecule has 172 valence electrons. The van der Waals surface area contributed by atoms with Crippen LogP contribution in [0.2, 0.25) is 0 Å². The van der Waals surface area contributed by atoms with Gasteiger partial charge in [0.1, 0.15) is 36.7 Å². The number of nitrogens with one attached hydrogen (secondary N) is 1. The number of fused-ring (bicyclic) bond motifs is 1. The van der Waals surface area contributed by atoms with Crippen molar-refractivity contribution in [2.45, 2.75) is 50.8 Å². The first-order chi connectivity index (χ1) is 15.4. The Labute approximate surface area is 184 Å². The third-order valence-electron chi connectivity index (χ3n) is 5.22. The number of carbonyl (C=O) groups excluding carboxylic acids is 1. The number of furan rings is 1. The van der Waals surface area contributed by atoms with E-state index in [1.807, 2.05) is 25.1 Å². The summed E-state index contributed by atoms with van der Waals surface area (Å²) in [5.74, 6) is -0.487. The van der Waals surface area contributed by atoms with E-state index in [9.17, 15) is 14.7 Å². The fourth-order valence-electron chi connectivity index (χ4n) is 3.81. The Kier molecular flexibility index (Phi) is 6.75. The van der Waals surface area contributed by atoms with Gasteiger partial charge in [-0.3, -0.25) is 4.79 Å². The maximum absolute atomic E-state index is 12.0.